The second-order valence-corrected chi connectivity index (χ2v) is 6.95. The van der Waals surface area contributed by atoms with Gasteiger partial charge in [-0.3, -0.25) is 4.21 Å². The summed E-state index contributed by atoms with van der Waals surface area (Å²) >= 11 is 0. The van der Waals surface area contributed by atoms with Crippen LogP contribution in [-0.2, 0) is 17.2 Å². The highest BCUT2D eigenvalue weighted by molar-refractivity contribution is 7.85. The van der Waals surface area contributed by atoms with Gasteiger partial charge in [0.25, 0.3) is 0 Å². The molecule has 0 amide bonds. The second-order valence-electron chi connectivity index (χ2n) is 5.48. The lowest BCUT2D eigenvalue weighted by atomic mass is 10.1. The molecule has 0 saturated carbocycles. The van der Waals surface area contributed by atoms with Crippen LogP contribution in [0, 0.1) is 13.8 Å². The van der Waals surface area contributed by atoms with E-state index in [1.165, 1.54) is 5.56 Å². The smallest absolute Gasteiger partial charge is 0.0551 e. The molecule has 0 fully saturated rings. The highest BCUT2D eigenvalue weighted by atomic mass is 32.2. The third-order valence-electron chi connectivity index (χ3n) is 3.74. The first-order chi connectivity index (χ1) is 10.0. The quantitative estimate of drug-likeness (QED) is 0.915. The Kier molecular flexibility index (Phi) is 5.32. The maximum absolute atomic E-state index is 12.6. The summed E-state index contributed by atoms with van der Waals surface area (Å²) in [5.74, 6) is 0.454. The summed E-state index contributed by atoms with van der Waals surface area (Å²) in [6.45, 7) is 6.14. The Labute approximate surface area is 129 Å². The Morgan fingerprint density at radius 1 is 1.10 bits per heavy atom. The van der Waals surface area contributed by atoms with Crippen LogP contribution in [0.4, 0.5) is 0 Å². The zero-order valence-corrected chi connectivity index (χ0v) is 13.7. The van der Waals surface area contributed by atoms with Crippen LogP contribution in [0.3, 0.4) is 0 Å². The van der Waals surface area contributed by atoms with Gasteiger partial charge >= 0.3 is 0 Å². The van der Waals surface area contributed by atoms with E-state index in [2.05, 4.69) is 19.1 Å². The summed E-state index contributed by atoms with van der Waals surface area (Å²) in [6.07, 6.45) is 1.02. The molecule has 0 aliphatic heterocycles. The first-order valence-corrected chi connectivity index (χ1v) is 8.63. The van der Waals surface area contributed by atoms with Crippen molar-refractivity contribution in [1.29, 1.82) is 0 Å². The van der Waals surface area contributed by atoms with Crippen molar-refractivity contribution in [2.24, 2.45) is 5.73 Å². The Hall–Kier alpha value is -1.45. The van der Waals surface area contributed by atoms with E-state index in [0.29, 0.717) is 5.75 Å². The Bertz CT molecular complexity index is 634. The maximum Gasteiger partial charge on any atom is 0.0551 e. The van der Waals surface area contributed by atoms with E-state index in [1.54, 1.807) is 0 Å². The van der Waals surface area contributed by atoms with Crippen molar-refractivity contribution in [2.75, 3.05) is 5.75 Å². The van der Waals surface area contributed by atoms with E-state index in [-0.39, 0.29) is 6.04 Å². The predicted octanol–water partition coefficient (Wildman–Crippen LogP) is 3.67. The molecule has 0 aliphatic carbocycles. The van der Waals surface area contributed by atoms with Crippen molar-refractivity contribution in [2.45, 2.75) is 38.1 Å². The van der Waals surface area contributed by atoms with E-state index < -0.39 is 10.8 Å². The van der Waals surface area contributed by atoms with Crippen molar-refractivity contribution in [3.05, 3.63) is 64.7 Å². The van der Waals surface area contributed by atoms with Crippen LogP contribution in [0.2, 0.25) is 0 Å². The number of hydrogen-bond donors (Lipinski definition) is 1. The number of nitrogens with two attached hydrogens (primary N) is 1. The molecule has 0 saturated heterocycles. The van der Waals surface area contributed by atoms with Gasteiger partial charge in [-0.2, -0.15) is 0 Å². The molecule has 2 aromatic rings. The van der Waals surface area contributed by atoms with E-state index in [1.807, 2.05) is 44.2 Å². The molecule has 0 spiro atoms. The van der Waals surface area contributed by atoms with Crippen molar-refractivity contribution in [1.82, 2.24) is 0 Å². The second kappa shape index (κ2) is 7.01. The summed E-state index contributed by atoms with van der Waals surface area (Å²) in [7, 11) is -1.07. The molecule has 0 heterocycles. The van der Waals surface area contributed by atoms with Crippen molar-refractivity contribution in [3.63, 3.8) is 0 Å². The first-order valence-electron chi connectivity index (χ1n) is 7.31. The summed E-state index contributed by atoms with van der Waals surface area (Å²) in [4.78, 5) is 0.899. The third kappa shape index (κ3) is 4.02. The van der Waals surface area contributed by atoms with Gasteiger partial charge in [-0.15, -0.1) is 0 Å². The van der Waals surface area contributed by atoms with Crippen molar-refractivity contribution < 1.29 is 4.21 Å². The lowest BCUT2D eigenvalue weighted by molar-refractivity contribution is 0.674. The highest BCUT2D eigenvalue weighted by Gasteiger charge is 2.14. The van der Waals surface area contributed by atoms with Crippen LogP contribution in [0.5, 0.6) is 0 Å². The van der Waals surface area contributed by atoms with Gasteiger partial charge in [0.05, 0.1) is 10.8 Å². The molecule has 3 heteroatoms. The number of hydrogen-bond acceptors (Lipinski definition) is 2. The predicted molar refractivity (Wildman–Crippen MR) is 89.9 cm³/mol. The fourth-order valence-electron chi connectivity index (χ4n) is 2.30. The van der Waals surface area contributed by atoms with Gasteiger partial charge in [-0.05, 0) is 48.6 Å². The van der Waals surface area contributed by atoms with Crippen LogP contribution < -0.4 is 5.73 Å². The summed E-state index contributed by atoms with van der Waals surface area (Å²) in [6, 6.07) is 14.1. The number of benzene rings is 2. The lowest BCUT2D eigenvalue weighted by Crippen LogP contribution is -2.18. The van der Waals surface area contributed by atoms with E-state index >= 15 is 0 Å². The largest absolute Gasteiger partial charge is 0.323 e. The minimum absolute atomic E-state index is 0.198. The molecule has 21 heavy (non-hydrogen) atoms. The fourth-order valence-corrected chi connectivity index (χ4v) is 3.74. The molecule has 0 bridgehead atoms. The average Bonchev–Trinajstić information content (AvgIpc) is 2.49. The Morgan fingerprint density at radius 2 is 1.76 bits per heavy atom. The maximum atomic E-state index is 12.6. The van der Waals surface area contributed by atoms with Gasteiger partial charge in [0.2, 0.25) is 0 Å². The van der Waals surface area contributed by atoms with E-state index in [4.69, 9.17) is 5.73 Å². The molecule has 2 nitrogen and oxygen atoms in total. The first kappa shape index (κ1) is 15.9. The summed E-state index contributed by atoms with van der Waals surface area (Å²) < 4.78 is 12.6. The minimum atomic E-state index is -1.07. The zero-order valence-electron chi connectivity index (χ0n) is 12.9. The van der Waals surface area contributed by atoms with Gasteiger partial charge in [-0.1, -0.05) is 43.3 Å². The van der Waals surface area contributed by atoms with Crippen LogP contribution in [-0.4, -0.2) is 9.96 Å². The summed E-state index contributed by atoms with van der Waals surface area (Å²) in [5, 5.41) is 0. The van der Waals surface area contributed by atoms with E-state index in [0.717, 1.165) is 28.0 Å². The zero-order chi connectivity index (χ0) is 15.4. The van der Waals surface area contributed by atoms with Gasteiger partial charge in [-0.25, -0.2) is 0 Å². The number of rotatable bonds is 5. The Morgan fingerprint density at radius 3 is 2.38 bits per heavy atom. The molecule has 2 unspecified atom stereocenters. The monoisotopic (exact) mass is 301 g/mol. The van der Waals surface area contributed by atoms with Crippen molar-refractivity contribution >= 4 is 10.8 Å². The van der Waals surface area contributed by atoms with E-state index in [9.17, 15) is 4.21 Å². The fraction of sp³-hybridized carbons (Fsp3) is 0.333. The molecular formula is C18H23NOS. The molecule has 0 aliphatic rings. The third-order valence-corrected chi connectivity index (χ3v) is 5.33. The van der Waals surface area contributed by atoms with Crippen molar-refractivity contribution in [3.8, 4) is 0 Å². The van der Waals surface area contributed by atoms with Gasteiger partial charge in [0.15, 0.2) is 0 Å². The minimum Gasteiger partial charge on any atom is -0.323 e. The topological polar surface area (TPSA) is 43.1 Å². The van der Waals surface area contributed by atoms with Crippen LogP contribution in [0.1, 0.15) is 35.2 Å². The SMILES string of the molecule is CCc1ccc(C(N)CS(=O)c2cc(C)ccc2C)cc1. The standard InChI is InChI=1S/C18H23NOS/c1-4-15-7-9-16(10-8-15)17(19)12-21(20)18-11-13(2)5-6-14(18)3/h5-11,17H,4,12,19H2,1-3H3. The molecule has 0 radical (unpaired) electrons. The molecular weight excluding hydrogens is 278 g/mol. The van der Waals surface area contributed by atoms with Gasteiger partial charge in [0, 0.05) is 16.7 Å². The lowest BCUT2D eigenvalue weighted by Gasteiger charge is -2.14. The highest BCUT2D eigenvalue weighted by Crippen LogP contribution is 2.20. The molecule has 2 N–H and O–H groups in total. The molecule has 0 aromatic heterocycles. The number of aryl methyl sites for hydroxylation is 3. The van der Waals surface area contributed by atoms with Gasteiger partial charge in [0.1, 0.15) is 0 Å². The summed E-state index contributed by atoms with van der Waals surface area (Å²) in [5.41, 5.74) is 10.8. The van der Waals surface area contributed by atoms with Crippen LogP contribution in [0.15, 0.2) is 47.4 Å². The molecule has 2 atom stereocenters. The van der Waals surface area contributed by atoms with Crippen LogP contribution in [0.25, 0.3) is 0 Å². The normalized spacial score (nSPS) is 13.9. The average molecular weight is 301 g/mol. The Balaban J connectivity index is 2.12. The molecule has 112 valence electrons. The molecule has 2 rings (SSSR count). The van der Waals surface area contributed by atoms with Gasteiger partial charge < -0.3 is 5.73 Å². The van der Waals surface area contributed by atoms with Crippen LogP contribution >= 0.6 is 0 Å². The molecule has 2 aromatic carbocycles.